The van der Waals surface area contributed by atoms with E-state index in [4.69, 9.17) is 14.5 Å². The molecule has 2 aromatic carbocycles. The number of carbonyl (C=O) groups excluding carboxylic acids is 1. The maximum Gasteiger partial charge on any atom is 0.251 e. The minimum Gasteiger partial charge on any atom is -0.496 e. The zero-order chi connectivity index (χ0) is 22.5. The van der Waals surface area contributed by atoms with Crippen molar-refractivity contribution in [2.45, 2.75) is 13.3 Å². The molecule has 0 unspecified atom stereocenters. The minimum absolute atomic E-state index is 0.219. The molecule has 0 spiro atoms. The maximum atomic E-state index is 13.7. The van der Waals surface area contributed by atoms with E-state index in [1.54, 1.807) is 30.5 Å². The van der Waals surface area contributed by atoms with Gasteiger partial charge in [0.05, 0.1) is 36.8 Å². The van der Waals surface area contributed by atoms with E-state index < -0.39 is 5.82 Å². The van der Waals surface area contributed by atoms with Gasteiger partial charge in [0.2, 0.25) is 0 Å². The summed E-state index contributed by atoms with van der Waals surface area (Å²) in [6.07, 6.45) is 2.21. The van der Waals surface area contributed by atoms with Gasteiger partial charge in [-0.1, -0.05) is 5.21 Å². The van der Waals surface area contributed by atoms with Crippen molar-refractivity contribution in [3.63, 3.8) is 0 Å². The number of methoxy groups -OCH3 is 1. The molecule has 1 amide bonds. The second kappa shape index (κ2) is 9.42. The van der Waals surface area contributed by atoms with Gasteiger partial charge in [-0.2, -0.15) is 0 Å². The van der Waals surface area contributed by atoms with Gasteiger partial charge in [-0.05, 0) is 37.3 Å². The van der Waals surface area contributed by atoms with Crippen molar-refractivity contribution in [3.05, 3.63) is 65.7 Å². The normalized spacial score (nSPS) is 10.8. The number of fused-ring (bicyclic) bond motifs is 1. The third-order valence-electron chi connectivity index (χ3n) is 4.92. The van der Waals surface area contributed by atoms with Crippen molar-refractivity contribution in [1.82, 2.24) is 25.7 Å². The number of H-pyrrole nitrogens is 1. The summed E-state index contributed by atoms with van der Waals surface area (Å²) in [5.74, 6) is 0.365. The fraction of sp³-hybridized carbons (Fsp3) is 0.217. The number of hydrogen-bond donors (Lipinski definition) is 2. The zero-order valence-corrected chi connectivity index (χ0v) is 17.7. The molecule has 2 N–H and O–H groups in total. The molecule has 2 aromatic heterocycles. The van der Waals surface area contributed by atoms with Crippen LogP contribution in [0.2, 0.25) is 0 Å². The van der Waals surface area contributed by atoms with Crippen LogP contribution in [0.5, 0.6) is 11.5 Å². The molecule has 9 heteroatoms. The van der Waals surface area contributed by atoms with E-state index in [9.17, 15) is 9.18 Å². The lowest BCUT2D eigenvalue weighted by molar-refractivity contribution is 0.0954. The number of carbonyl (C=O) groups is 1. The van der Waals surface area contributed by atoms with Crippen LogP contribution in [-0.4, -0.2) is 46.6 Å². The first-order chi connectivity index (χ1) is 15.6. The molecule has 4 rings (SSSR count). The fourth-order valence-corrected chi connectivity index (χ4v) is 3.38. The summed E-state index contributed by atoms with van der Waals surface area (Å²) in [6, 6.07) is 11.3. The molecule has 32 heavy (non-hydrogen) atoms. The van der Waals surface area contributed by atoms with Crippen LogP contribution in [-0.2, 0) is 6.42 Å². The molecule has 0 aliphatic rings. The first-order valence-electron chi connectivity index (χ1n) is 10.1. The van der Waals surface area contributed by atoms with Crippen molar-refractivity contribution in [2.24, 2.45) is 0 Å². The summed E-state index contributed by atoms with van der Waals surface area (Å²) >= 11 is 0. The molecule has 0 saturated carbocycles. The molecule has 0 aliphatic heterocycles. The molecule has 4 aromatic rings. The lowest BCUT2D eigenvalue weighted by Crippen LogP contribution is -2.25. The molecule has 0 fully saturated rings. The highest BCUT2D eigenvalue weighted by Gasteiger charge is 2.15. The van der Waals surface area contributed by atoms with E-state index in [1.165, 1.54) is 19.2 Å². The van der Waals surface area contributed by atoms with Gasteiger partial charge in [-0.3, -0.25) is 9.89 Å². The highest BCUT2D eigenvalue weighted by atomic mass is 19.1. The Kier molecular flexibility index (Phi) is 6.25. The molecular formula is C23H22FN5O3. The third-order valence-corrected chi connectivity index (χ3v) is 4.92. The molecule has 0 bridgehead atoms. The van der Waals surface area contributed by atoms with Gasteiger partial charge in [0.1, 0.15) is 17.3 Å². The standard InChI is InChI=1S/C23H22FN5O3/c1-3-32-22-12-20(17-7-5-15(24)11-21(17)31-2)27-19-10-14(4-6-18(19)22)23(30)25-9-8-16-13-26-29-28-16/h4-7,10-13H,3,8-9H2,1-2H3,(H,25,30)(H,26,28,29). The van der Waals surface area contributed by atoms with Crippen molar-refractivity contribution >= 4 is 16.8 Å². The van der Waals surface area contributed by atoms with Crippen LogP contribution in [0.3, 0.4) is 0 Å². The molecule has 8 nitrogen and oxygen atoms in total. The van der Waals surface area contributed by atoms with Crippen molar-refractivity contribution in [2.75, 3.05) is 20.3 Å². The van der Waals surface area contributed by atoms with Gasteiger partial charge in [0.15, 0.2) is 0 Å². The first kappa shape index (κ1) is 21.2. The summed E-state index contributed by atoms with van der Waals surface area (Å²) in [5, 5.41) is 13.8. The van der Waals surface area contributed by atoms with Crippen LogP contribution >= 0.6 is 0 Å². The number of rotatable bonds is 8. The average molecular weight is 435 g/mol. The smallest absolute Gasteiger partial charge is 0.251 e. The predicted octanol–water partition coefficient (Wildman–Crippen LogP) is 3.54. The number of amides is 1. The second-order valence-electron chi connectivity index (χ2n) is 7.00. The molecule has 0 radical (unpaired) electrons. The number of ether oxygens (including phenoxy) is 2. The Balaban J connectivity index is 1.67. The van der Waals surface area contributed by atoms with Crippen LogP contribution in [0.1, 0.15) is 23.0 Å². The molecule has 2 heterocycles. The van der Waals surface area contributed by atoms with Gasteiger partial charge in [-0.25, -0.2) is 9.37 Å². The van der Waals surface area contributed by atoms with Crippen LogP contribution < -0.4 is 14.8 Å². The molecule has 0 saturated heterocycles. The summed E-state index contributed by atoms with van der Waals surface area (Å²) in [5.41, 5.74) is 3.08. The van der Waals surface area contributed by atoms with Gasteiger partial charge >= 0.3 is 0 Å². The van der Waals surface area contributed by atoms with Gasteiger partial charge in [-0.15, -0.1) is 5.10 Å². The molecular weight excluding hydrogens is 413 g/mol. The molecule has 0 aliphatic carbocycles. The Bertz CT molecular complexity index is 1240. The lowest BCUT2D eigenvalue weighted by atomic mass is 10.1. The van der Waals surface area contributed by atoms with E-state index in [0.717, 1.165) is 11.1 Å². The SMILES string of the molecule is CCOc1cc(-c2ccc(F)cc2OC)nc2cc(C(=O)NCCc3cnn[nH]3)ccc12. The summed E-state index contributed by atoms with van der Waals surface area (Å²) in [4.78, 5) is 17.4. The van der Waals surface area contributed by atoms with E-state index in [1.807, 2.05) is 13.0 Å². The molecule has 164 valence electrons. The number of hydrogen-bond acceptors (Lipinski definition) is 6. The van der Waals surface area contributed by atoms with Crippen LogP contribution in [0.25, 0.3) is 22.2 Å². The fourth-order valence-electron chi connectivity index (χ4n) is 3.38. The minimum atomic E-state index is -0.402. The van der Waals surface area contributed by atoms with Crippen molar-refractivity contribution < 1.29 is 18.7 Å². The van der Waals surface area contributed by atoms with Crippen molar-refractivity contribution in [3.8, 4) is 22.8 Å². The number of aromatic amines is 1. The van der Waals surface area contributed by atoms with E-state index >= 15 is 0 Å². The number of halogens is 1. The summed E-state index contributed by atoms with van der Waals surface area (Å²) in [6.45, 7) is 2.79. The number of nitrogens with zero attached hydrogens (tertiary/aromatic N) is 3. The maximum absolute atomic E-state index is 13.7. The Labute approximate surface area is 183 Å². The van der Waals surface area contributed by atoms with Gasteiger partial charge in [0.25, 0.3) is 5.91 Å². The zero-order valence-electron chi connectivity index (χ0n) is 17.7. The average Bonchev–Trinajstić information content (AvgIpc) is 3.32. The van der Waals surface area contributed by atoms with E-state index in [0.29, 0.717) is 53.4 Å². The summed E-state index contributed by atoms with van der Waals surface area (Å²) in [7, 11) is 1.48. The first-order valence-corrected chi connectivity index (χ1v) is 10.1. The van der Waals surface area contributed by atoms with Gasteiger partial charge < -0.3 is 14.8 Å². The van der Waals surface area contributed by atoms with Crippen LogP contribution in [0, 0.1) is 5.82 Å². The van der Waals surface area contributed by atoms with Crippen LogP contribution in [0.15, 0.2) is 48.7 Å². The second-order valence-corrected chi connectivity index (χ2v) is 7.00. The monoisotopic (exact) mass is 435 g/mol. The third kappa shape index (κ3) is 4.51. The van der Waals surface area contributed by atoms with Gasteiger partial charge in [0, 0.05) is 41.6 Å². The Morgan fingerprint density at radius 3 is 2.78 bits per heavy atom. The lowest BCUT2D eigenvalue weighted by Gasteiger charge is -2.13. The number of pyridine rings is 1. The number of aromatic nitrogens is 4. The quantitative estimate of drug-likeness (QED) is 0.439. The Hall–Kier alpha value is -4.01. The summed E-state index contributed by atoms with van der Waals surface area (Å²) < 4.78 is 24.8. The van der Waals surface area contributed by atoms with E-state index in [-0.39, 0.29) is 5.91 Å². The highest BCUT2D eigenvalue weighted by Crippen LogP contribution is 2.35. The largest absolute Gasteiger partial charge is 0.496 e. The predicted molar refractivity (Wildman–Crippen MR) is 117 cm³/mol. The number of nitrogens with one attached hydrogen (secondary N) is 2. The number of benzene rings is 2. The Morgan fingerprint density at radius 1 is 1.16 bits per heavy atom. The van der Waals surface area contributed by atoms with Crippen LogP contribution in [0.4, 0.5) is 4.39 Å². The highest BCUT2D eigenvalue weighted by molar-refractivity contribution is 5.99. The Morgan fingerprint density at radius 2 is 2.03 bits per heavy atom. The van der Waals surface area contributed by atoms with E-state index in [2.05, 4.69) is 20.7 Å². The molecule has 0 atom stereocenters. The topological polar surface area (TPSA) is 102 Å². The van der Waals surface area contributed by atoms with Crippen molar-refractivity contribution in [1.29, 1.82) is 0 Å².